The van der Waals surface area contributed by atoms with Crippen molar-refractivity contribution in [2.24, 2.45) is 0 Å². The molecule has 0 unspecified atom stereocenters. The van der Waals surface area contributed by atoms with Crippen LogP contribution < -0.4 is 0 Å². The van der Waals surface area contributed by atoms with Gasteiger partial charge < -0.3 is 0 Å². The van der Waals surface area contributed by atoms with E-state index >= 15 is 0 Å². The van der Waals surface area contributed by atoms with Gasteiger partial charge in [0.15, 0.2) is 0 Å². The van der Waals surface area contributed by atoms with Crippen LogP contribution in [0.1, 0.15) is 0 Å². The first-order valence-corrected chi connectivity index (χ1v) is 20.5. The standard InChI is InChI=1S/2C6H16P2.2ClH.Fe/c2*1-7(2)5-6-8(3)4;;;/h2*5-6H2,1-4H3;2*1H;/q;;;;+2/p+2. The molecule has 19 heavy (non-hydrogen) atoms. The topological polar surface area (TPSA) is 0 Å². The van der Waals surface area contributed by atoms with Crippen LogP contribution in [0.5, 0.6) is 0 Å². The van der Waals surface area contributed by atoms with Crippen LogP contribution in [-0.2, 0) is 13.1 Å². The Hall–Kier alpha value is 2.82. The van der Waals surface area contributed by atoms with Crippen molar-refractivity contribution < 1.29 is 13.1 Å². The van der Waals surface area contributed by atoms with Gasteiger partial charge in [0.05, 0.1) is 24.6 Å². The Bertz CT molecular complexity index is 127. The zero-order chi connectivity index (χ0) is 15.8. The van der Waals surface area contributed by atoms with Crippen molar-refractivity contribution >= 4 is 51.9 Å². The van der Waals surface area contributed by atoms with Crippen molar-refractivity contribution in [3.05, 3.63) is 0 Å². The SMILES string of the molecule is C[PH+](C)CC[PH+](C)C.C[PH+](C)CC[PH+](C)C.[Cl][Fe][Cl]. The molecule has 0 nitrogen and oxygen atoms in total. The third-order valence-corrected chi connectivity index (χ3v) is 8.25. The van der Waals surface area contributed by atoms with Gasteiger partial charge in [0.1, 0.15) is 0 Å². The predicted molar refractivity (Wildman–Crippen MR) is 112 cm³/mol. The van der Waals surface area contributed by atoms with Crippen LogP contribution >= 0.6 is 51.9 Å². The van der Waals surface area contributed by atoms with Crippen LogP contribution in [-0.4, -0.2) is 78.0 Å². The molecule has 0 aliphatic rings. The molecule has 0 aliphatic heterocycles. The minimum atomic E-state index is 0.0957. The summed E-state index contributed by atoms with van der Waals surface area (Å²) in [5, 5.41) is 0. The monoisotopic (exact) mass is 430 g/mol. The van der Waals surface area contributed by atoms with Crippen molar-refractivity contribution in [2.75, 3.05) is 78.0 Å². The van der Waals surface area contributed by atoms with E-state index < -0.39 is 0 Å². The van der Waals surface area contributed by atoms with Gasteiger partial charge in [-0.3, -0.25) is 0 Å². The van der Waals surface area contributed by atoms with Crippen LogP contribution in [0, 0.1) is 0 Å². The summed E-state index contributed by atoms with van der Waals surface area (Å²) >= 11 is 0.194. The average Bonchev–Trinajstić information content (AvgIpc) is 2.25. The van der Waals surface area contributed by atoms with E-state index in [-0.39, 0.29) is 44.8 Å². The Kier molecular flexibility index (Phi) is 29.3. The number of rotatable bonds is 6. The van der Waals surface area contributed by atoms with Crippen LogP contribution in [0.3, 0.4) is 0 Å². The first kappa shape index (κ1) is 26.7. The summed E-state index contributed by atoms with van der Waals surface area (Å²) in [5.41, 5.74) is 0. The molecule has 0 fully saturated rings. The van der Waals surface area contributed by atoms with E-state index in [4.69, 9.17) is 20.2 Å². The molecule has 0 atom stereocenters. The molecule has 0 aliphatic carbocycles. The molecule has 0 saturated heterocycles. The maximum atomic E-state index is 4.76. The first-order valence-electron chi connectivity index (χ1n) is 6.68. The van der Waals surface area contributed by atoms with Crippen molar-refractivity contribution in [3.8, 4) is 0 Å². The predicted octanol–water partition coefficient (Wildman–Crippen LogP) is 5.24. The van der Waals surface area contributed by atoms with Gasteiger partial charge in [0, 0.05) is 53.3 Å². The maximum absolute atomic E-state index is 4.76. The number of hydrogen-bond acceptors (Lipinski definition) is 0. The van der Waals surface area contributed by atoms with Gasteiger partial charge >= 0.3 is 33.3 Å². The number of halogens is 2. The molecule has 0 aromatic heterocycles. The van der Waals surface area contributed by atoms with Gasteiger partial charge in [-0.05, 0) is 31.7 Å². The fourth-order valence-electron chi connectivity index (χ4n) is 1.000. The molecule has 0 saturated carbocycles. The molecule has 7 heteroatoms. The van der Waals surface area contributed by atoms with Crippen LogP contribution in [0.2, 0.25) is 0 Å². The van der Waals surface area contributed by atoms with Gasteiger partial charge in [-0.25, -0.2) is 0 Å². The molecular formula is C12H36Cl2FeP4+4. The summed E-state index contributed by atoms with van der Waals surface area (Å²) in [6, 6.07) is 0. The zero-order valence-electron chi connectivity index (χ0n) is 13.9. The van der Waals surface area contributed by atoms with Crippen LogP contribution in [0.4, 0.5) is 0 Å². The van der Waals surface area contributed by atoms with E-state index in [1.807, 2.05) is 0 Å². The van der Waals surface area contributed by atoms with E-state index in [1.54, 1.807) is 0 Å². The van der Waals surface area contributed by atoms with Crippen molar-refractivity contribution in [2.45, 2.75) is 0 Å². The molecule has 0 bridgehead atoms. The Morgan fingerprint density at radius 3 is 0.684 bits per heavy atom. The molecule has 0 aromatic rings. The molecule has 0 aromatic carbocycles. The van der Waals surface area contributed by atoms with Gasteiger partial charge in [-0.2, -0.15) is 0 Å². The quantitative estimate of drug-likeness (QED) is 0.399. The first-order chi connectivity index (χ1) is 8.67. The third kappa shape index (κ3) is 44.9. The molecular weight excluding hydrogens is 395 g/mol. The summed E-state index contributed by atoms with van der Waals surface area (Å²) in [4.78, 5) is 0. The second kappa shape index (κ2) is 20.8. The third-order valence-electron chi connectivity index (χ3n) is 2.25. The minimum absolute atomic E-state index is 0.0957. The van der Waals surface area contributed by atoms with Gasteiger partial charge in [-0.1, -0.05) is 0 Å². The van der Waals surface area contributed by atoms with Crippen LogP contribution in [0.25, 0.3) is 0 Å². The molecule has 0 N–H and O–H groups in total. The van der Waals surface area contributed by atoms with Gasteiger partial charge in [0.25, 0.3) is 0 Å². The second-order valence-electron chi connectivity index (χ2n) is 5.88. The van der Waals surface area contributed by atoms with Crippen molar-refractivity contribution in [1.82, 2.24) is 0 Å². The van der Waals surface area contributed by atoms with Gasteiger partial charge in [0.2, 0.25) is 0 Å². The summed E-state index contributed by atoms with van der Waals surface area (Å²) < 4.78 is 0. The number of hydrogen-bond donors (Lipinski definition) is 0. The fourth-order valence-corrected chi connectivity index (χ4v) is 9.00. The van der Waals surface area contributed by atoms with E-state index in [9.17, 15) is 0 Å². The fraction of sp³-hybridized carbons (Fsp3) is 1.00. The molecule has 0 amide bonds. The molecule has 0 rings (SSSR count). The summed E-state index contributed by atoms with van der Waals surface area (Å²) in [6.45, 7) is 19.2. The normalized spacial score (nSPS) is 10.6. The van der Waals surface area contributed by atoms with Crippen molar-refractivity contribution in [1.29, 1.82) is 0 Å². The molecule has 0 heterocycles. The molecule has 0 spiro atoms. The van der Waals surface area contributed by atoms with E-state index in [0.29, 0.717) is 0 Å². The summed E-state index contributed by atoms with van der Waals surface area (Å²) in [7, 11) is 9.91. The Balaban J connectivity index is -0.000000224. The van der Waals surface area contributed by atoms with E-state index in [0.717, 1.165) is 0 Å². The van der Waals surface area contributed by atoms with E-state index in [1.165, 1.54) is 24.6 Å². The second-order valence-corrected chi connectivity index (χ2v) is 19.4. The Labute approximate surface area is 142 Å². The average molecular weight is 431 g/mol. The molecule has 0 radical (unpaired) electrons. The Morgan fingerprint density at radius 2 is 0.632 bits per heavy atom. The zero-order valence-corrected chi connectivity index (χ0v) is 20.6. The van der Waals surface area contributed by atoms with Crippen molar-refractivity contribution in [3.63, 3.8) is 0 Å². The summed E-state index contributed by atoms with van der Waals surface area (Å²) in [6.07, 6.45) is 6.13. The Morgan fingerprint density at radius 1 is 0.526 bits per heavy atom. The summed E-state index contributed by atoms with van der Waals surface area (Å²) in [5.74, 6) is 0. The van der Waals surface area contributed by atoms with E-state index in [2.05, 4.69) is 53.3 Å². The van der Waals surface area contributed by atoms with Crippen LogP contribution in [0.15, 0.2) is 0 Å². The molecule has 122 valence electrons. The van der Waals surface area contributed by atoms with Gasteiger partial charge in [-0.15, -0.1) is 0 Å².